The molecule has 0 saturated carbocycles. The fourth-order valence-electron chi connectivity index (χ4n) is 0.624. The predicted molar refractivity (Wildman–Crippen MR) is 54.1 cm³/mol. The van der Waals surface area contributed by atoms with Gasteiger partial charge in [-0.1, -0.05) is 0 Å². The molecule has 0 aliphatic rings. The van der Waals surface area contributed by atoms with Gasteiger partial charge in [0.2, 0.25) is 0 Å². The van der Waals surface area contributed by atoms with Crippen LogP contribution in [0.5, 0.6) is 0 Å². The van der Waals surface area contributed by atoms with E-state index in [9.17, 15) is 18.0 Å². The fourth-order valence-corrected chi connectivity index (χ4v) is 1.16. The van der Waals surface area contributed by atoms with Crippen LogP contribution in [0.25, 0.3) is 0 Å². The molecule has 0 fully saturated rings. The van der Waals surface area contributed by atoms with Gasteiger partial charge in [0.1, 0.15) is 0 Å². The first-order valence-electron chi connectivity index (χ1n) is 5.15. The third kappa shape index (κ3) is 8.86. The van der Waals surface area contributed by atoms with E-state index in [0.717, 1.165) is 0 Å². The Labute approximate surface area is 99.6 Å². The summed E-state index contributed by atoms with van der Waals surface area (Å²) < 4.78 is 52.3. The summed E-state index contributed by atoms with van der Waals surface area (Å²) in [7, 11) is -0.446. The third-order valence-corrected chi connectivity index (χ3v) is 1.92. The summed E-state index contributed by atoms with van der Waals surface area (Å²) in [6, 6.07) is 0.783. The first-order chi connectivity index (χ1) is 8.41. The normalized spacial score (nSPS) is 14.4. The highest BCUT2D eigenvalue weighted by atomic mass is 31.1. The van der Waals surface area contributed by atoms with Crippen LogP contribution in [-0.2, 0) is 13.8 Å². The largest absolute Gasteiger partial charge is 0.471 e. The van der Waals surface area contributed by atoms with Crippen LogP contribution in [0.3, 0.4) is 0 Å². The summed E-state index contributed by atoms with van der Waals surface area (Å²) in [6.45, 7) is -0.532. The number of carbonyl (C=O) groups excluding carboxylic acids is 1. The number of carbonyl (C=O) groups is 1. The molecule has 0 bridgehead atoms. The van der Waals surface area contributed by atoms with Gasteiger partial charge in [-0.15, -0.1) is 0 Å². The molecule has 0 rings (SSSR count). The molecule has 0 aromatic carbocycles. The summed E-state index contributed by atoms with van der Waals surface area (Å²) in [5, 5.41) is 9.81. The number of nitrogens with one attached hydrogen (secondary N) is 1. The van der Waals surface area contributed by atoms with Crippen LogP contribution in [-0.4, -0.2) is 31.3 Å². The summed E-state index contributed by atoms with van der Waals surface area (Å²) in [6.07, 6.45) is -4.79. The van der Waals surface area contributed by atoms with Crippen molar-refractivity contribution in [2.45, 2.75) is 25.5 Å². The van der Waals surface area contributed by atoms with Crippen molar-refractivity contribution < 1.29 is 28.4 Å². The molecule has 9 heteroatoms. The summed E-state index contributed by atoms with van der Waals surface area (Å²) in [4.78, 5) is 10.6. The predicted octanol–water partition coefficient (Wildman–Crippen LogP) is 1.51. The number of amides is 1. The second-order valence-corrected chi connectivity index (χ2v) is 3.56. The number of hydrogen-bond donors (Lipinski definition) is 1. The lowest BCUT2D eigenvalue weighted by Gasteiger charge is -2.14. The Hall–Kier alpha value is -0.900. The maximum absolute atomic E-state index is 11.9. The van der Waals surface area contributed by atoms with E-state index in [0.29, 0.717) is 0 Å². The monoisotopic (exact) mass is 273 g/mol. The Bertz CT molecular complexity index is 298. The summed E-state index contributed by atoms with van der Waals surface area (Å²) in [5.74, 6) is -2.10. The van der Waals surface area contributed by atoms with Crippen LogP contribution in [0.2, 0.25) is 0 Å². The quantitative estimate of drug-likeness (QED) is 0.563. The van der Waals surface area contributed by atoms with Gasteiger partial charge in [-0.25, -0.2) is 0 Å². The molecule has 1 unspecified atom stereocenters. The van der Waals surface area contributed by atoms with Crippen molar-refractivity contribution in [2.75, 3.05) is 13.2 Å². The minimum absolute atomic E-state index is 0.162. The first kappa shape index (κ1) is 14.2. The van der Waals surface area contributed by atoms with Crippen molar-refractivity contribution in [3.05, 3.63) is 0 Å². The van der Waals surface area contributed by atoms with Crippen LogP contribution in [0.4, 0.5) is 13.2 Å². The van der Waals surface area contributed by atoms with E-state index in [1.54, 1.807) is 5.32 Å². The van der Waals surface area contributed by atoms with Crippen molar-refractivity contribution in [2.24, 2.45) is 0 Å². The minimum atomic E-state index is -4.97. The van der Waals surface area contributed by atoms with E-state index in [1.165, 1.54) is 0 Å². The molecule has 98 valence electrons. The Morgan fingerprint density at radius 1 is 1.65 bits per heavy atom. The van der Waals surface area contributed by atoms with Gasteiger partial charge >= 0.3 is 12.1 Å². The fraction of sp³-hybridized carbons (Fsp3) is 0.750. The maximum atomic E-state index is 11.9. The molecule has 0 saturated heterocycles. The van der Waals surface area contributed by atoms with E-state index < -0.39 is 34.1 Å². The standard InChI is InChI=1S/C8H12F3N2O3P/c1-6(13-7(14)8(9,10)11)5-16-17-15-4-2-3-12/h6,17H,2,4-5H2,1H3,(H,13,14)/t6-/m0/s1/i1D. The Morgan fingerprint density at radius 3 is 2.88 bits per heavy atom. The molecule has 0 heterocycles. The van der Waals surface area contributed by atoms with Gasteiger partial charge in [0.05, 0.1) is 31.7 Å². The molecule has 5 nitrogen and oxygen atoms in total. The second-order valence-electron chi connectivity index (χ2n) is 2.82. The molecule has 0 aromatic rings. The van der Waals surface area contributed by atoms with Crippen molar-refractivity contribution in [3.63, 3.8) is 0 Å². The number of nitriles is 1. The second kappa shape index (κ2) is 8.23. The number of hydrogen-bond acceptors (Lipinski definition) is 4. The summed E-state index contributed by atoms with van der Waals surface area (Å²) in [5.41, 5.74) is 0. The highest BCUT2D eigenvalue weighted by Crippen LogP contribution is 2.16. The first-order valence-corrected chi connectivity index (χ1v) is 5.26. The lowest BCUT2D eigenvalue weighted by atomic mass is 10.3. The van der Waals surface area contributed by atoms with E-state index in [4.69, 9.17) is 15.7 Å². The molecule has 0 aromatic heterocycles. The van der Waals surface area contributed by atoms with E-state index in [1.807, 2.05) is 6.07 Å². The van der Waals surface area contributed by atoms with Crippen LogP contribution >= 0.6 is 9.03 Å². The molecule has 1 N–H and O–H groups in total. The lowest BCUT2D eigenvalue weighted by molar-refractivity contribution is -0.174. The zero-order chi connectivity index (χ0) is 14.0. The molecular formula is C8H12F3N2O3P. The minimum Gasteiger partial charge on any atom is -0.343 e. The average Bonchev–Trinajstić information content (AvgIpc) is 2.30. The van der Waals surface area contributed by atoms with Crippen LogP contribution < -0.4 is 5.32 Å². The molecule has 0 aliphatic carbocycles. The van der Waals surface area contributed by atoms with E-state index >= 15 is 0 Å². The number of nitrogens with zero attached hydrogens (tertiary/aromatic N) is 1. The van der Waals surface area contributed by atoms with Gasteiger partial charge in [-0.05, 0) is 6.90 Å². The van der Waals surface area contributed by atoms with Gasteiger partial charge in [-0.2, -0.15) is 18.4 Å². The van der Waals surface area contributed by atoms with Crippen molar-refractivity contribution in [1.29, 1.82) is 5.26 Å². The molecule has 0 radical (unpaired) electrons. The highest BCUT2D eigenvalue weighted by molar-refractivity contribution is 7.26. The Morgan fingerprint density at radius 2 is 2.35 bits per heavy atom. The smallest absolute Gasteiger partial charge is 0.343 e. The van der Waals surface area contributed by atoms with Crippen LogP contribution in [0.1, 0.15) is 14.7 Å². The van der Waals surface area contributed by atoms with Crippen molar-refractivity contribution in [1.82, 2.24) is 5.32 Å². The Balaban J connectivity index is 3.78. The molecule has 0 aliphatic heterocycles. The van der Waals surface area contributed by atoms with Gasteiger partial charge < -0.3 is 14.4 Å². The lowest BCUT2D eigenvalue weighted by Crippen LogP contribution is -2.43. The van der Waals surface area contributed by atoms with Crippen molar-refractivity contribution >= 4 is 14.9 Å². The maximum Gasteiger partial charge on any atom is 0.471 e. The number of halogens is 3. The SMILES string of the molecule is [2H]C[C@@H](COPOCCC#N)NC(=O)C(F)(F)F. The number of rotatable bonds is 7. The van der Waals surface area contributed by atoms with E-state index in [-0.39, 0.29) is 19.6 Å². The Kier molecular flexibility index (Phi) is 6.86. The van der Waals surface area contributed by atoms with Gasteiger partial charge in [-0.3, -0.25) is 4.79 Å². The van der Waals surface area contributed by atoms with Gasteiger partial charge in [0.15, 0.2) is 9.03 Å². The average molecular weight is 273 g/mol. The topological polar surface area (TPSA) is 71.3 Å². The van der Waals surface area contributed by atoms with Gasteiger partial charge in [0.25, 0.3) is 0 Å². The highest BCUT2D eigenvalue weighted by Gasteiger charge is 2.39. The summed E-state index contributed by atoms with van der Waals surface area (Å²) >= 11 is 0. The van der Waals surface area contributed by atoms with E-state index in [2.05, 4.69) is 0 Å². The third-order valence-electron chi connectivity index (χ3n) is 1.31. The molecular weight excluding hydrogens is 260 g/mol. The zero-order valence-corrected chi connectivity index (χ0v) is 9.71. The molecule has 17 heavy (non-hydrogen) atoms. The van der Waals surface area contributed by atoms with Gasteiger partial charge in [0, 0.05) is 1.37 Å². The van der Waals surface area contributed by atoms with Crippen LogP contribution in [0.15, 0.2) is 0 Å². The molecule has 0 spiro atoms. The molecule has 2 atom stereocenters. The van der Waals surface area contributed by atoms with Crippen molar-refractivity contribution in [3.8, 4) is 6.07 Å². The molecule has 1 amide bonds. The zero-order valence-electron chi connectivity index (χ0n) is 9.71. The van der Waals surface area contributed by atoms with Crippen LogP contribution in [0, 0.1) is 11.3 Å². The number of alkyl halides is 3.